The molecule has 2 aromatic rings. The molecule has 2 heterocycles. The van der Waals surface area contributed by atoms with Gasteiger partial charge in [-0.2, -0.15) is 0 Å². The predicted octanol–water partition coefficient (Wildman–Crippen LogP) is -3.76. The number of hydrogen-bond acceptors (Lipinski definition) is 10. The zero-order valence-electron chi connectivity index (χ0n) is 26.8. The second kappa shape index (κ2) is 19.2. The largest absolute Gasteiger partial charge is 0.480 e. The Labute approximate surface area is 276 Å². The fourth-order valence-corrected chi connectivity index (χ4v) is 4.47. The average molecular weight is 676 g/mol. The summed E-state index contributed by atoms with van der Waals surface area (Å²) < 4.78 is 0. The molecule has 0 saturated carbocycles. The summed E-state index contributed by atoms with van der Waals surface area (Å²) in [4.78, 5) is 93.8. The number of amides is 5. The number of aliphatic carboxylic acids is 1. The quantitative estimate of drug-likeness (QED) is 0.0345. The van der Waals surface area contributed by atoms with Crippen molar-refractivity contribution < 1.29 is 33.9 Å². The van der Waals surface area contributed by atoms with Crippen molar-refractivity contribution in [2.24, 2.45) is 33.8 Å². The van der Waals surface area contributed by atoms with Crippen LogP contribution in [0.5, 0.6) is 0 Å². The number of aliphatic imine (C=N–C) groups is 1. The molecule has 0 radical (unpaired) electrons. The monoisotopic (exact) mass is 675 g/mol. The molecule has 0 aliphatic heterocycles. The van der Waals surface area contributed by atoms with E-state index < -0.39 is 71.6 Å². The summed E-state index contributed by atoms with van der Waals surface area (Å²) in [5.41, 5.74) is 23.1. The third kappa shape index (κ3) is 13.4. The van der Waals surface area contributed by atoms with Gasteiger partial charge in [-0.1, -0.05) is 13.8 Å². The van der Waals surface area contributed by atoms with Crippen LogP contribution in [-0.2, 0) is 41.6 Å². The maximum absolute atomic E-state index is 13.6. The lowest BCUT2D eigenvalue weighted by Crippen LogP contribution is -2.59. The maximum atomic E-state index is 13.6. The lowest BCUT2D eigenvalue weighted by molar-refractivity contribution is -0.142. The summed E-state index contributed by atoms with van der Waals surface area (Å²) in [6, 6.07) is -6.20. The number of aromatic amines is 2. The van der Waals surface area contributed by atoms with Crippen molar-refractivity contribution in [3.05, 3.63) is 36.4 Å². The van der Waals surface area contributed by atoms with Crippen molar-refractivity contribution in [2.45, 2.75) is 82.6 Å². The Hall–Kier alpha value is -5.53. The van der Waals surface area contributed by atoms with Crippen LogP contribution in [-0.4, -0.2) is 103 Å². The molecule has 2 rings (SSSR count). The highest BCUT2D eigenvalue weighted by Crippen LogP contribution is 2.09. The van der Waals surface area contributed by atoms with E-state index in [-0.39, 0.29) is 51.0 Å². The van der Waals surface area contributed by atoms with Crippen molar-refractivity contribution in [2.75, 3.05) is 6.54 Å². The van der Waals surface area contributed by atoms with E-state index in [1.807, 2.05) is 0 Å². The zero-order valence-corrected chi connectivity index (χ0v) is 26.8. The van der Waals surface area contributed by atoms with Crippen LogP contribution in [0.2, 0.25) is 0 Å². The Balaban J connectivity index is 2.22. The molecule has 2 aromatic heterocycles. The first-order valence-electron chi connectivity index (χ1n) is 15.2. The van der Waals surface area contributed by atoms with Gasteiger partial charge in [-0.25, -0.2) is 14.8 Å². The summed E-state index contributed by atoms with van der Waals surface area (Å²) in [5.74, 6) is -5.79. The van der Waals surface area contributed by atoms with Gasteiger partial charge in [0, 0.05) is 49.6 Å². The molecule has 0 aliphatic rings. The number of carbonyl (C=O) groups is 6. The van der Waals surface area contributed by atoms with Crippen molar-refractivity contribution >= 4 is 41.5 Å². The van der Waals surface area contributed by atoms with Crippen molar-refractivity contribution in [1.82, 2.24) is 41.2 Å². The van der Waals surface area contributed by atoms with Gasteiger partial charge in [0.2, 0.25) is 29.5 Å². The second-order valence-corrected chi connectivity index (χ2v) is 11.4. The van der Waals surface area contributed by atoms with Gasteiger partial charge in [-0.3, -0.25) is 29.0 Å². The minimum absolute atomic E-state index is 0.00577. The topological polar surface area (TPSA) is 345 Å². The molecule has 5 atom stereocenters. The summed E-state index contributed by atoms with van der Waals surface area (Å²) in [6.07, 6.45) is 5.43. The first-order valence-corrected chi connectivity index (χ1v) is 15.2. The predicted molar refractivity (Wildman–Crippen MR) is 171 cm³/mol. The highest BCUT2D eigenvalue weighted by Gasteiger charge is 2.33. The Morgan fingerprint density at radius 2 is 1.33 bits per heavy atom. The van der Waals surface area contributed by atoms with Gasteiger partial charge in [-0.15, -0.1) is 0 Å². The molecule has 20 heteroatoms. The highest BCUT2D eigenvalue weighted by molar-refractivity contribution is 5.95. The number of carbonyl (C=O) groups excluding carboxylic acids is 5. The van der Waals surface area contributed by atoms with E-state index in [1.165, 1.54) is 25.0 Å². The molecule has 0 saturated heterocycles. The molecular weight excluding hydrogens is 630 g/mol. The fraction of sp³-hybridized carbons (Fsp3) is 0.536. The van der Waals surface area contributed by atoms with Crippen LogP contribution < -0.4 is 44.2 Å². The van der Waals surface area contributed by atoms with E-state index in [9.17, 15) is 33.9 Å². The van der Waals surface area contributed by atoms with Crippen LogP contribution in [0.15, 0.2) is 30.0 Å². The third-order valence-electron chi connectivity index (χ3n) is 7.06. The van der Waals surface area contributed by atoms with E-state index in [0.717, 1.165) is 0 Å². The number of primary amides is 1. The van der Waals surface area contributed by atoms with E-state index in [0.29, 0.717) is 11.4 Å². The van der Waals surface area contributed by atoms with Crippen LogP contribution in [0.3, 0.4) is 0 Å². The number of H-pyrrole nitrogens is 2. The average Bonchev–Trinajstić information content (AvgIpc) is 3.73. The molecule has 48 heavy (non-hydrogen) atoms. The summed E-state index contributed by atoms with van der Waals surface area (Å²) in [5, 5.41) is 19.8. The molecule has 0 fully saturated rings. The minimum Gasteiger partial charge on any atom is -0.480 e. The van der Waals surface area contributed by atoms with Crippen LogP contribution >= 0.6 is 0 Å². The van der Waals surface area contributed by atoms with Crippen LogP contribution in [0, 0.1) is 5.92 Å². The van der Waals surface area contributed by atoms with Crippen molar-refractivity contribution in [1.29, 1.82) is 0 Å². The van der Waals surface area contributed by atoms with Crippen LogP contribution in [0.25, 0.3) is 0 Å². The van der Waals surface area contributed by atoms with E-state index in [4.69, 9.17) is 22.9 Å². The number of imidazole rings is 2. The molecule has 0 aliphatic carbocycles. The number of nitrogens with two attached hydrogens (primary N) is 4. The second-order valence-electron chi connectivity index (χ2n) is 11.4. The molecular formula is C28H45N13O7. The molecule has 5 unspecified atom stereocenters. The lowest BCUT2D eigenvalue weighted by atomic mass is 10.0. The SMILES string of the molecule is CC(C)C(NC(=O)C(CCCN=C(N)N)NC(=O)C(CCC(N)=O)NC(=O)C(N)Cc1cnc[nH]1)C(=O)NC(Cc1cnc[nH]1)C(=O)O. The van der Waals surface area contributed by atoms with Gasteiger partial charge in [0.1, 0.15) is 24.2 Å². The fourth-order valence-electron chi connectivity index (χ4n) is 4.47. The van der Waals surface area contributed by atoms with E-state index in [1.54, 1.807) is 13.8 Å². The Morgan fingerprint density at radius 3 is 1.85 bits per heavy atom. The molecule has 5 amide bonds. The van der Waals surface area contributed by atoms with Gasteiger partial charge in [0.05, 0.1) is 18.7 Å². The molecule has 0 bridgehead atoms. The standard InChI is InChI=1S/C28H45N13O7/c1-14(2)22(26(46)40-20(27(47)48)9-16-11-34-13-37-16)41-25(45)18(4-3-7-35-28(31)32)39-24(44)19(5-6-21(30)42)38-23(43)17(29)8-15-10-33-12-36-15/h10-14,17-20,22H,3-9,29H2,1-2H3,(H2,30,42)(H,33,36)(H,34,37)(H,38,43)(H,39,44)(H,40,46)(H,41,45)(H,47,48)(H4,31,32,35). The first kappa shape index (κ1) is 38.7. The molecule has 0 aromatic carbocycles. The first-order chi connectivity index (χ1) is 22.7. The van der Waals surface area contributed by atoms with Gasteiger partial charge in [0.15, 0.2) is 5.96 Å². The number of hydrogen-bond donors (Lipinski definition) is 11. The van der Waals surface area contributed by atoms with Crippen LogP contribution in [0.1, 0.15) is 50.9 Å². The third-order valence-corrected chi connectivity index (χ3v) is 7.06. The lowest BCUT2D eigenvalue weighted by Gasteiger charge is -2.28. The van der Waals surface area contributed by atoms with E-state index in [2.05, 4.69) is 46.2 Å². The summed E-state index contributed by atoms with van der Waals surface area (Å²) in [7, 11) is 0. The maximum Gasteiger partial charge on any atom is 0.326 e. The number of nitrogens with zero attached hydrogens (tertiary/aromatic N) is 3. The van der Waals surface area contributed by atoms with Crippen LogP contribution in [0.4, 0.5) is 0 Å². The number of nitrogens with one attached hydrogen (secondary N) is 6. The number of carboxylic acids is 1. The number of aromatic nitrogens is 4. The summed E-state index contributed by atoms with van der Waals surface area (Å²) >= 11 is 0. The molecule has 264 valence electrons. The molecule has 0 spiro atoms. The number of guanidine groups is 1. The van der Waals surface area contributed by atoms with Gasteiger partial charge in [0.25, 0.3) is 0 Å². The smallest absolute Gasteiger partial charge is 0.326 e. The Bertz CT molecular complexity index is 1390. The normalized spacial score (nSPS) is 14.1. The number of carboxylic acid groups (broad SMARTS) is 1. The van der Waals surface area contributed by atoms with Crippen molar-refractivity contribution in [3.8, 4) is 0 Å². The molecule has 15 N–H and O–H groups in total. The Kier molecular flexibility index (Phi) is 15.5. The van der Waals surface area contributed by atoms with E-state index >= 15 is 0 Å². The number of rotatable bonds is 21. The molecule has 20 nitrogen and oxygen atoms in total. The minimum atomic E-state index is -1.33. The highest BCUT2D eigenvalue weighted by atomic mass is 16.4. The van der Waals surface area contributed by atoms with Crippen molar-refractivity contribution in [3.63, 3.8) is 0 Å². The van der Waals surface area contributed by atoms with Gasteiger partial charge >= 0.3 is 5.97 Å². The van der Waals surface area contributed by atoms with Gasteiger partial charge < -0.3 is 59.3 Å². The van der Waals surface area contributed by atoms with Gasteiger partial charge in [-0.05, 0) is 25.2 Å². The zero-order chi connectivity index (χ0) is 35.8. The summed E-state index contributed by atoms with van der Waals surface area (Å²) in [6.45, 7) is 3.39. The Morgan fingerprint density at radius 1 is 0.792 bits per heavy atom.